The lowest BCUT2D eigenvalue weighted by molar-refractivity contribution is 0.247. The first-order valence-electron chi connectivity index (χ1n) is 9.19. The summed E-state index contributed by atoms with van der Waals surface area (Å²) in [7, 11) is 0. The maximum Gasteiger partial charge on any atom is 0.321 e. The number of carbonyl (C=O) groups is 1. The number of nitrogens with one attached hydrogen (secondary N) is 2. The van der Waals surface area contributed by atoms with Gasteiger partial charge >= 0.3 is 6.03 Å². The van der Waals surface area contributed by atoms with Crippen molar-refractivity contribution in [3.8, 4) is 0 Å². The van der Waals surface area contributed by atoms with Crippen molar-refractivity contribution in [3.05, 3.63) is 45.4 Å². The summed E-state index contributed by atoms with van der Waals surface area (Å²) >= 11 is 7.87. The van der Waals surface area contributed by atoms with Gasteiger partial charge < -0.3 is 5.32 Å². The standard InChI is InChI=1S/C19H23ClN4OS/c20-15-8-4-1-5-13(15)11-24-10-9-16-17(12-24)26-19(22-16)23-18(25)21-14-6-2-3-7-14/h1,4-5,8,14H,2-3,6-7,9-12H2,(H2,21,22,23,25). The van der Waals surface area contributed by atoms with Gasteiger partial charge in [-0.3, -0.25) is 10.2 Å². The second-order valence-corrected chi connectivity index (χ2v) is 8.51. The number of hydrogen-bond donors (Lipinski definition) is 2. The zero-order valence-corrected chi connectivity index (χ0v) is 16.2. The number of thiazole rings is 1. The van der Waals surface area contributed by atoms with Crippen LogP contribution in [0.1, 0.15) is 41.8 Å². The Balaban J connectivity index is 1.36. The third kappa shape index (κ3) is 4.19. The molecule has 2 aliphatic rings. The van der Waals surface area contributed by atoms with Gasteiger partial charge in [0.15, 0.2) is 5.13 Å². The highest BCUT2D eigenvalue weighted by molar-refractivity contribution is 7.15. The molecule has 0 bridgehead atoms. The Kier molecular flexibility index (Phi) is 5.43. The van der Waals surface area contributed by atoms with Crippen molar-refractivity contribution in [2.75, 3.05) is 11.9 Å². The van der Waals surface area contributed by atoms with E-state index in [0.717, 1.165) is 55.2 Å². The van der Waals surface area contributed by atoms with Crippen molar-refractivity contribution in [2.45, 2.75) is 51.2 Å². The highest BCUT2D eigenvalue weighted by Crippen LogP contribution is 2.30. The van der Waals surface area contributed by atoms with Crippen LogP contribution in [0.4, 0.5) is 9.93 Å². The Morgan fingerprint density at radius 3 is 2.92 bits per heavy atom. The maximum absolute atomic E-state index is 12.1. The molecule has 0 saturated heterocycles. The molecule has 1 aromatic heterocycles. The van der Waals surface area contributed by atoms with Crippen LogP contribution in [0.15, 0.2) is 24.3 Å². The van der Waals surface area contributed by atoms with Crippen molar-refractivity contribution in [1.29, 1.82) is 0 Å². The van der Waals surface area contributed by atoms with E-state index in [4.69, 9.17) is 11.6 Å². The van der Waals surface area contributed by atoms with Crippen LogP contribution in [-0.2, 0) is 19.5 Å². The largest absolute Gasteiger partial charge is 0.335 e. The molecule has 4 rings (SSSR count). The van der Waals surface area contributed by atoms with Crippen LogP contribution in [-0.4, -0.2) is 28.5 Å². The minimum Gasteiger partial charge on any atom is -0.335 e. The molecule has 0 atom stereocenters. The van der Waals surface area contributed by atoms with Gasteiger partial charge in [-0.05, 0) is 24.5 Å². The van der Waals surface area contributed by atoms with Crippen LogP contribution < -0.4 is 10.6 Å². The van der Waals surface area contributed by atoms with Gasteiger partial charge in [-0.15, -0.1) is 11.3 Å². The molecule has 26 heavy (non-hydrogen) atoms. The molecule has 0 radical (unpaired) electrons. The lowest BCUT2D eigenvalue weighted by Crippen LogP contribution is -2.36. The Bertz CT molecular complexity index is 788. The summed E-state index contributed by atoms with van der Waals surface area (Å²) in [5.41, 5.74) is 2.26. The molecule has 138 valence electrons. The van der Waals surface area contributed by atoms with E-state index in [2.05, 4.69) is 26.6 Å². The van der Waals surface area contributed by atoms with Gasteiger partial charge in [0, 0.05) is 42.0 Å². The third-order valence-electron chi connectivity index (χ3n) is 5.07. The number of fused-ring (bicyclic) bond motifs is 1. The third-order valence-corrected chi connectivity index (χ3v) is 6.44. The molecule has 0 spiro atoms. The van der Waals surface area contributed by atoms with Crippen molar-refractivity contribution in [3.63, 3.8) is 0 Å². The Morgan fingerprint density at radius 2 is 2.12 bits per heavy atom. The highest BCUT2D eigenvalue weighted by atomic mass is 35.5. The Hall–Kier alpha value is -1.63. The zero-order valence-electron chi connectivity index (χ0n) is 14.6. The average Bonchev–Trinajstić information content (AvgIpc) is 3.25. The molecule has 2 heterocycles. The molecule has 1 aromatic carbocycles. The number of halogens is 1. The first-order valence-corrected chi connectivity index (χ1v) is 10.4. The van der Waals surface area contributed by atoms with Crippen molar-refractivity contribution in [2.24, 2.45) is 0 Å². The normalized spacial score (nSPS) is 17.9. The SMILES string of the molecule is O=C(Nc1nc2c(s1)CN(Cc1ccccc1Cl)CC2)NC1CCCC1. The smallest absolute Gasteiger partial charge is 0.321 e. The number of amides is 2. The molecule has 1 fully saturated rings. The van der Waals surface area contributed by atoms with E-state index in [0.29, 0.717) is 11.2 Å². The molecular formula is C19H23ClN4OS. The Morgan fingerprint density at radius 1 is 1.31 bits per heavy atom. The van der Waals surface area contributed by atoms with Gasteiger partial charge in [-0.25, -0.2) is 9.78 Å². The van der Waals surface area contributed by atoms with Crippen LogP contribution in [0, 0.1) is 0 Å². The van der Waals surface area contributed by atoms with Gasteiger partial charge in [0.25, 0.3) is 0 Å². The fraction of sp³-hybridized carbons (Fsp3) is 0.474. The van der Waals surface area contributed by atoms with Gasteiger partial charge in [-0.2, -0.15) is 0 Å². The number of nitrogens with zero attached hydrogens (tertiary/aromatic N) is 2. The lowest BCUT2D eigenvalue weighted by atomic mass is 10.1. The van der Waals surface area contributed by atoms with Crippen molar-refractivity contribution >= 4 is 34.1 Å². The molecule has 2 aromatic rings. The van der Waals surface area contributed by atoms with E-state index in [9.17, 15) is 4.79 Å². The van der Waals surface area contributed by atoms with Gasteiger partial charge in [0.2, 0.25) is 0 Å². The van der Waals surface area contributed by atoms with E-state index < -0.39 is 0 Å². The van der Waals surface area contributed by atoms with Gasteiger partial charge in [0.05, 0.1) is 5.69 Å². The first-order chi connectivity index (χ1) is 12.7. The summed E-state index contributed by atoms with van der Waals surface area (Å²) in [4.78, 5) is 20.4. The fourth-order valence-electron chi connectivity index (χ4n) is 3.69. The van der Waals surface area contributed by atoms with E-state index in [1.165, 1.54) is 17.7 Å². The summed E-state index contributed by atoms with van der Waals surface area (Å²) < 4.78 is 0. The van der Waals surface area contributed by atoms with Crippen LogP contribution in [0.25, 0.3) is 0 Å². The zero-order chi connectivity index (χ0) is 17.9. The number of aromatic nitrogens is 1. The number of rotatable bonds is 4. The van der Waals surface area contributed by atoms with E-state index in [-0.39, 0.29) is 6.03 Å². The molecular weight excluding hydrogens is 368 g/mol. The summed E-state index contributed by atoms with van der Waals surface area (Å²) in [5, 5.41) is 7.48. The number of benzene rings is 1. The number of urea groups is 1. The summed E-state index contributed by atoms with van der Waals surface area (Å²) in [6.45, 7) is 2.64. The van der Waals surface area contributed by atoms with Crippen LogP contribution in [0.2, 0.25) is 5.02 Å². The van der Waals surface area contributed by atoms with E-state index >= 15 is 0 Å². The highest BCUT2D eigenvalue weighted by Gasteiger charge is 2.23. The van der Waals surface area contributed by atoms with Crippen molar-refractivity contribution in [1.82, 2.24) is 15.2 Å². The predicted molar refractivity (Wildman–Crippen MR) is 106 cm³/mol. The number of carbonyl (C=O) groups excluding carboxylic acids is 1. The molecule has 1 aliphatic carbocycles. The summed E-state index contributed by atoms with van der Waals surface area (Å²) in [6, 6.07) is 8.17. The number of hydrogen-bond acceptors (Lipinski definition) is 4. The van der Waals surface area contributed by atoms with E-state index in [1.807, 2.05) is 18.2 Å². The molecule has 7 heteroatoms. The Labute approximate surface area is 162 Å². The lowest BCUT2D eigenvalue weighted by Gasteiger charge is -2.26. The second-order valence-electron chi connectivity index (χ2n) is 7.02. The molecule has 0 unspecified atom stereocenters. The molecule has 2 amide bonds. The van der Waals surface area contributed by atoms with E-state index in [1.54, 1.807) is 11.3 Å². The minimum absolute atomic E-state index is 0.129. The monoisotopic (exact) mass is 390 g/mol. The van der Waals surface area contributed by atoms with Crippen LogP contribution in [0.5, 0.6) is 0 Å². The fourth-order valence-corrected chi connectivity index (χ4v) is 4.93. The first kappa shape index (κ1) is 17.8. The summed E-state index contributed by atoms with van der Waals surface area (Å²) in [6.07, 6.45) is 5.48. The second kappa shape index (κ2) is 7.94. The topological polar surface area (TPSA) is 57.3 Å². The molecule has 1 saturated carbocycles. The predicted octanol–water partition coefficient (Wildman–Crippen LogP) is 4.42. The quantitative estimate of drug-likeness (QED) is 0.812. The van der Waals surface area contributed by atoms with Crippen molar-refractivity contribution < 1.29 is 4.79 Å². The van der Waals surface area contributed by atoms with Gasteiger partial charge in [0.1, 0.15) is 0 Å². The molecule has 2 N–H and O–H groups in total. The maximum atomic E-state index is 12.1. The van der Waals surface area contributed by atoms with Gasteiger partial charge in [-0.1, -0.05) is 42.6 Å². The van der Waals surface area contributed by atoms with Crippen LogP contribution in [0.3, 0.4) is 0 Å². The molecule has 1 aliphatic heterocycles. The average molecular weight is 391 g/mol. The summed E-state index contributed by atoms with van der Waals surface area (Å²) in [5.74, 6) is 0. The molecule has 5 nitrogen and oxygen atoms in total. The van der Waals surface area contributed by atoms with Crippen LogP contribution >= 0.6 is 22.9 Å². The number of anilines is 1. The minimum atomic E-state index is -0.129.